The lowest BCUT2D eigenvalue weighted by molar-refractivity contribution is 0.0950. The maximum absolute atomic E-state index is 12.4. The minimum absolute atomic E-state index is 0.174. The number of aromatic nitrogens is 2. The van der Waals surface area contributed by atoms with Crippen molar-refractivity contribution in [3.8, 4) is 0 Å². The first-order valence-electron chi connectivity index (χ1n) is 8.75. The van der Waals surface area contributed by atoms with Gasteiger partial charge in [0.1, 0.15) is 5.65 Å². The monoisotopic (exact) mass is 384 g/mol. The third kappa shape index (κ3) is 3.52. The highest BCUT2D eigenvalue weighted by Crippen LogP contribution is 2.24. The predicted octanol–water partition coefficient (Wildman–Crippen LogP) is 2.11. The van der Waals surface area contributed by atoms with Gasteiger partial charge in [0, 0.05) is 24.5 Å². The number of fused-ring (bicyclic) bond motifs is 1. The average Bonchev–Trinajstić information content (AvgIpc) is 3.21. The topological polar surface area (TPSA) is 83.8 Å². The lowest BCUT2D eigenvalue weighted by Gasteiger charge is -2.17. The van der Waals surface area contributed by atoms with Crippen molar-refractivity contribution in [2.24, 2.45) is 0 Å². The molecule has 1 saturated heterocycles. The maximum Gasteiger partial charge on any atom is 0.251 e. The van der Waals surface area contributed by atoms with Crippen LogP contribution in [-0.2, 0) is 16.6 Å². The van der Waals surface area contributed by atoms with Crippen LogP contribution in [0.2, 0.25) is 0 Å². The number of nitrogens with one attached hydrogen (secondary N) is 1. The van der Waals surface area contributed by atoms with Crippen molar-refractivity contribution in [1.82, 2.24) is 14.7 Å². The second-order valence-electron chi connectivity index (χ2n) is 6.67. The number of carbonyl (C=O) groups excluding carboxylic acids is 1. The van der Waals surface area contributed by atoms with E-state index in [4.69, 9.17) is 0 Å². The first-order valence-corrected chi connectivity index (χ1v) is 10.4. The van der Waals surface area contributed by atoms with Gasteiger partial charge < -0.3 is 9.72 Å². The molecule has 1 aliphatic rings. The molecule has 0 spiro atoms. The molecule has 27 heavy (non-hydrogen) atoms. The van der Waals surface area contributed by atoms with Crippen LogP contribution in [0.1, 0.15) is 28.0 Å². The van der Waals surface area contributed by atoms with E-state index in [0.29, 0.717) is 30.8 Å². The number of hydrogen-bond donors (Lipinski definition) is 1. The van der Waals surface area contributed by atoms with Crippen LogP contribution in [-0.4, -0.2) is 36.0 Å². The number of imidazole rings is 1. The number of benzene rings is 1. The molecular formula is C19H20N4O3S. The van der Waals surface area contributed by atoms with E-state index in [0.717, 1.165) is 16.9 Å². The Morgan fingerprint density at radius 1 is 1.22 bits per heavy atom. The molecule has 3 aromatic rings. The Morgan fingerprint density at radius 3 is 2.70 bits per heavy atom. The molecule has 4 rings (SSSR count). The Kier molecular flexibility index (Phi) is 4.35. The molecule has 0 radical (unpaired) electrons. The van der Waals surface area contributed by atoms with Gasteiger partial charge in [-0.15, -0.1) is 0 Å². The number of sulfonamides is 1. The predicted molar refractivity (Wildman–Crippen MR) is 103 cm³/mol. The smallest absolute Gasteiger partial charge is 0.251 e. The van der Waals surface area contributed by atoms with Crippen molar-refractivity contribution in [2.75, 3.05) is 16.6 Å². The zero-order valence-corrected chi connectivity index (χ0v) is 15.7. The Morgan fingerprint density at radius 2 is 2.00 bits per heavy atom. The third-order valence-corrected chi connectivity index (χ3v) is 6.48. The lowest BCUT2D eigenvalue weighted by atomic mass is 10.2. The molecule has 1 N–H and O–H groups in total. The fourth-order valence-corrected chi connectivity index (χ4v) is 4.77. The lowest BCUT2D eigenvalue weighted by Crippen LogP contribution is -2.25. The summed E-state index contributed by atoms with van der Waals surface area (Å²) in [7, 11) is -3.21. The molecule has 7 nitrogen and oxygen atoms in total. The molecule has 1 amide bonds. The summed E-state index contributed by atoms with van der Waals surface area (Å²) in [5.41, 5.74) is 3.82. The van der Waals surface area contributed by atoms with Gasteiger partial charge in [-0.05, 0) is 55.3 Å². The zero-order valence-electron chi connectivity index (χ0n) is 14.9. The summed E-state index contributed by atoms with van der Waals surface area (Å²) in [5, 5.41) is 2.85. The van der Waals surface area contributed by atoms with Crippen LogP contribution < -0.4 is 9.62 Å². The van der Waals surface area contributed by atoms with Crippen LogP contribution in [0.3, 0.4) is 0 Å². The number of rotatable bonds is 4. The van der Waals surface area contributed by atoms with Crippen LogP contribution in [0, 0.1) is 6.92 Å². The summed E-state index contributed by atoms with van der Waals surface area (Å²) in [6.45, 7) is 2.82. The summed E-state index contributed by atoms with van der Waals surface area (Å²) in [4.78, 5) is 16.9. The fraction of sp³-hybridized carbons (Fsp3) is 0.263. The molecule has 3 heterocycles. The van der Waals surface area contributed by atoms with E-state index < -0.39 is 10.0 Å². The van der Waals surface area contributed by atoms with Crippen molar-refractivity contribution in [3.05, 3.63) is 65.6 Å². The number of amides is 1. The molecule has 0 atom stereocenters. The van der Waals surface area contributed by atoms with E-state index in [-0.39, 0.29) is 11.7 Å². The standard InChI is InChI=1S/C19H20N4O3S/c1-14-7-9-22-13-16(21-18(22)11-14)12-20-19(24)15-3-5-17(6-4-15)23-8-2-10-27(23,25)26/h3-7,9,11,13H,2,8,10,12H2,1H3,(H,20,24). The Labute approximate surface area is 157 Å². The van der Waals surface area contributed by atoms with E-state index in [1.54, 1.807) is 24.3 Å². The van der Waals surface area contributed by atoms with Gasteiger partial charge >= 0.3 is 0 Å². The molecule has 1 aliphatic heterocycles. The fourth-order valence-electron chi connectivity index (χ4n) is 3.20. The molecular weight excluding hydrogens is 364 g/mol. The molecule has 0 bridgehead atoms. The summed E-state index contributed by atoms with van der Waals surface area (Å²) in [6.07, 6.45) is 4.45. The third-order valence-electron chi connectivity index (χ3n) is 4.61. The van der Waals surface area contributed by atoms with E-state index in [9.17, 15) is 13.2 Å². The van der Waals surface area contributed by atoms with Crippen molar-refractivity contribution in [2.45, 2.75) is 19.9 Å². The normalized spacial score (nSPS) is 16.0. The average molecular weight is 384 g/mol. The van der Waals surface area contributed by atoms with Crippen molar-refractivity contribution < 1.29 is 13.2 Å². The summed E-state index contributed by atoms with van der Waals surface area (Å²) >= 11 is 0. The molecule has 0 aliphatic carbocycles. The van der Waals surface area contributed by atoms with Crippen LogP contribution >= 0.6 is 0 Å². The van der Waals surface area contributed by atoms with Crippen LogP contribution in [0.4, 0.5) is 5.69 Å². The second-order valence-corrected chi connectivity index (χ2v) is 8.69. The summed E-state index contributed by atoms with van der Waals surface area (Å²) in [6, 6.07) is 10.6. The van der Waals surface area contributed by atoms with Gasteiger partial charge in [-0.1, -0.05) is 0 Å². The largest absolute Gasteiger partial charge is 0.346 e. The van der Waals surface area contributed by atoms with Gasteiger partial charge in [0.2, 0.25) is 10.0 Å². The van der Waals surface area contributed by atoms with Gasteiger partial charge in [0.15, 0.2) is 0 Å². The highest BCUT2D eigenvalue weighted by atomic mass is 32.2. The van der Waals surface area contributed by atoms with E-state index in [1.807, 2.05) is 35.9 Å². The number of pyridine rings is 1. The summed E-state index contributed by atoms with van der Waals surface area (Å²) in [5.74, 6) is -0.0487. The van der Waals surface area contributed by atoms with Crippen LogP contribution in [0.15, 0.2) is 48.8 Å². The number of anilines is 1. The van der Waals surface area contributed by atoms with Crippen molar-refractivity contribution in [1.29, 1.82) is 0 Å². The highest BCUT2D eigenvalue weighted by molar-refractivity contribution is 7.93. The summed E-state index contributed by atoms with van der Waals surface area (Å²) < 4.78 is 27.3. The van der Waals surface area contributed by atoms with Gasteiger partial charge in [-0.25, -0.2) is 13.4 Å². The molecule has 8 heteroatoms. The quantitative estimate of drug-likeness (QED) is 0.747. The minimum atomic E-state index is -3.21. The van der Waals surface area contributed by atoms with Crippen molar-refractivity contribution in [3.63, 3.8) is 0 Å². The number of aryl methyl sites for hydroxylation is 1. The van der Waals surface area contributed by atoms with Gasteiger partial charge in [0.25, 0.3) is 5.91 Å². The first kappa shape index (κ1) is 17.5. The number of carbonyl (C=O) groups is 1. The minimum Gasteiger partial charge on any atom is -0.346 e. The van der Waals surface area contributed by atoms with Crippen LogP contribution in [0.25, 0.3) is 5.65 Å². The molecule has 0 unspecified atom stereocenters. The second kappa shape index (κ2) is 6.70. The van der Waals surface area contributed by atoms with Gasteiger partial charge in [0.05, 0.1) is 23.7 Å². The van der Waals surface area contributed by atoms with E-state index >= 15 is 0 Å². The SMILES string of the molecule is Cc1ccn2cc(CNC(=O)c3ccc(N4CCCS4(=O)=O)cc3)nc2c1. The Balaban J connectivity index is 1.43. The molecule has 1 fully saturated rings. The Bertz CT molecular complexity index is 1100. The van der Waals surface area contributed by atoms with Crippen LogP contribution in [0.5, 0.6) is 0 Å². The van der Waals surface area contributed by atoms with E-state index in [2.05, 4.69) is 10.3 Å². The maximum atomic E-state index is 12.4. The van der Waals surface area contributed by atoms with Gasteiger partial charge in [-0.2, -0.15) is 0 Å². The number of nitrogens with zero attached hydrogens (tertiary/aromatic N) is 3. The highest BCUT2D eigenvalue weighted by Gasteiger charge is 2.28. The van der Waals surface area contributed by atoms with Gasteiger partial charge in [-0.3, -0.25) is 9.10 Å². The molecule has 0 saturated carbocycles. The Hall–Kier alpha value is -2.87. The molecule has 140 valence electrons. The zero-order chi connectivity index (χ0) is 19.0. The number of hydrogen-bond acceptors (Lipinski definition) is 4. The molecule has 2 aromatic heterocycles. The molecule has 1 aromatic carbocycles. The first-order chi connectivity index (χ1) is 12.9. The van der Waals surface area contributed by atoms with E-state index in [1.165, 1.54) is 4.31 Å². The van der Waals surface area contributed by atoms with Crippen molar-refractivity contribution >= 4 is 27.3 Å².